The first-order valence-corrected chi connectivity index (χ1v) is 8.44. The van der Waals surface area contributed by atoms with Gasteiger partial charge in [-0.2, -0.15) is 0 Å². The van der Waals surface area contributed by atoms with E-state index in [-0.39, 0.29) is 5.91 Å². The van der Waals surface area contributed by atoms with Gasteiger partial charge >= 0.3 is 0 Å². The molecule has 0 aliphatic heterocycles. The molecule has 1 rings (SSSR count). The van der Waals surface area contributed by atoms with Gasteiger partial charge in [-0.25, -0.2) is 0 Å². The fourth-order valence-electron chi connectivity index (χ4n) is 1.97. The van der Waals surface area contributed by atoms with Crippen molar-refractivity contribution in [3.63, 3.8) is 0 Å². The maximum absolute atomic E-state index is 11.8. The Kier molecular flexibility index (Phi) is 7.06. The van der Waals surface area contributed by atoms with Gasteiger partial charge in [-0.15, -0.1) is 11.8 Å². The summed E-state index contributed by atoms with van der Waals surface area (Å²) in [6, 6.07) is 7.84. The van der Waals surface area contributed by atoms with Gasteiger partial charge in [0, 0.05) is 15.9 Å². The summed E-state index contributed by atoms with van der Waals surface area (Å²) < 4.78 is 1.02. The van der Waals surface area contributed by atoms with Crippen LogP contribution in [0.4, 0.5) is 0 Å². The first kappa shape index (κ1) is 17.5. The monoisotopic (exact) mass is 359 g/mol. The molecule has 112 valence electrons. The highest BCUT2D eigenvalue weighted by Gasteiger charge is 2.22. The molecule has 20 heavy (non-hydrogen) atoms. The van der Waals surface area contributed by atoms with Gasteiger partial charge in [-0.05, 0) is 43.5 Å². The summed E-state index contributed by atoms with van der Waals surface area (Å²) in [6.07, 6.45) is 0.674. The summed E-state index contributed by atoms with van der Waals surface area (Å²) in [5.41, 5.74) is -0.841. The molecule has 0 radical (unpaired) electrons. The summed E-state index contributed by atoms with van der Waals surface area (Å²) in [4.78, 5) is 12.8. The molecule has 0 saturated carbocycles. The molecule has 0 fully saturated rings. The summed E-state index contributed by atoms with van der Waals surface area (Å²) >= 11 is 4.86. The van der Waals surface area contributed by atoms with E-state index in [1.807, 2.05) is 24.3 Å². The highest BCUT2D eigenvalue weighted by Crippen LogP contribution is 2.20. The largest absolute Gasteiger partial charge is 0.388 e. The van der Waals surface area contributed by atoms with E-state index in [4.69, 9.17) is 0 Å². The third-order valence-electron chi connectivity index (χ3n) is 2.70. The van der Waals surface area contributed by atoms with Crippen molar-refractivity contribution < 1.29 is 9.90 Å². The first-order chi connectivity index (χ1) is 9.28. The minimum Gasteiger partial charge on any atom is -0.388 e. The number of aliphatic hydroxyl groups is 1. The quantitative estimate of drug-likeness (QED) is 0.733. The standard InChI is InChI=1S/C15H22BrNO2S/c1-11(2)8-15(3,19)10-17-14(18)9-20-13-6-4-12(16)5-7-13/h4-7,11,19H,8-10H2,1-3H3,(H,17,18). The third kappa shape index (κ3) is 7.31. The number of halogens is 1. The normalized spacial score (nSPS) is 14.1. The van der Waals surface area contributed by atoms with Gasteiger partial charge < -0.3 is 10.4 Å². The second-order valence-corrected chi connectivity index (χ2v) is 7.58. The van der Waals surface area contributed by atoms with Crippen LogP contribution in [0, 0.1) is 5.92 Å². The Hall–Kier alpha value is -0.520. The van der Waals surface area contributed by atoms with Crippen molar-refractivity contribution >= 4 is 33.6 Å². The lowest BCUT2D eigenvalue weighted by Gasteiger charge is -2.25. The Morgan fingerprint density at radius 2 is 2.00 bits per heavy atom. The zero-order chi connectivity index (χ0) is 15.2. The zero-order valence-corrected chi connectivity index (χ0v) is 14.6. The number of rotatable bonds is 7. The van der Waals surface area contributed by atoms with E-state index in [1.165, 1.54) is 11.8 Å². The van der Waals surface area contributed by atoms with Crippen molar-refractivity contribution in [1.82, 2.24) is 5.32 Å². The number of hydrogen-bond acceptors (Lipinski definition) is 3. The van der Waals surface area contributed by atoms with Crippen molar-refractivity contribution in [3.05, 3.63) is 28.7 Å². The SMILES string of the molecule is CC(C)CC(C)(O)CNC(=O)CSc1ccc(Br)cc1. The number of thioether (sulfide) groups is 1. The molecule has 5 heteroatoms. The maximum Gasteiger partial charge on any atom is 0.230 e. The Balaban J connectivity index is 2.32. The topological polar surface area (TPSA) is 49.3 Å². The molecule has 0 heterocycles. The average molecular weight is 360 g/mol. The Labute approximate surface area is 133 Å². The molecule has 1 unspecified atom stereocenters. The Morgan fingerprint density at radius 1 is 1.40 bits per heavy atom. The van der Waals surface area contributed by atoms with Crippen molar-refractivity contribution in [2.75, 3.05) is 12.3 Å². The molecular formula is C15H22BrNO2S. The predicted octanol–water partition coefficient (Wildman–Crippen LogP) is 3.45. The smallest absolute Gasteiger partial charge is 0.230 e. The number of hydrogen-bond donors (Lipinski definition) is 2. The number of amides is 1. The van der Waals surface area contributed by atoms with Crippen LogP contribution in [0.1, 0.15) is 27.2 Å². The Morgan fingerprint density at radius 3 is 2.55 bits per heavy atom. The van der Waals surface area contributed by atoms with Crippen LogP contribution in [0.25, 0.3) is 0 Å². The molecule has 1 aromatic rings. The van der Waals surface area contributed by atoms with Gasteiger partial charge in [0.1, 0.15) is 0 Å². The summed E-state index contributed by atoms with van der Waals surface area (Å²) in [7, 11) is 0. The Bertz CT molecular complexity index is 432. The van der Waals surface area contributed by atoms with Crippen molar-refractivity contribution in [3.8, 4) is 0 Å². The van der Waals surface area contributed by atoms with E-state index in [0.29, 0.717) is 24.6 Å². The molecule has 0 aliphatic rings. The van der Waals surface area contributed by atoms with Crippen LogP contribution in [0.5, 0.6) is 0 Å². The number of carbonyl (C=O) groups is 1. The van der Waals surface area contributed by atoms with Gasteiger partial charge in [0.25, 0.3) is 0 Å². The molecule has 3 nitrogen and oxygen atoms in total. The summed E-state index contributed by atoms with van der Waals surface area (Å²) in [5, 5.41) is 12.9. The van der Waals surface area contributed by atoms with Crippen LogP contribution in [-0.2, 0) is 4.79 Å². The third-order valence-corrected chi connectivity index (χ3v) is 4.24. The fourth-order valence-corrected chi connectivity index (χ4v) is 2.96. The van der Waals surface area contributed by atoms with E-state index >= 15 is 0 Å². The molecule has 0 bridgehead atoms. The second kappa shape index (κ2) is 8.05. The van der Waals surface area contributed by atoms with Crippen LogP contribution in [0.2, 0.25) is 0 Å². The van der Waals surface area contributed by atoms with Gasteiger partial charge in [0.15, 0.2) is 0 Å². The van der Waals surface area contributed by atoms with Crippen LogP contribution >= 0.6 is 27.7 Å². The van der Waals surface area contributed by atoms with E-state index in [1.54, 1.807) is 6.92 Å². The molecule has 2 N–H and O–H groups in total. The van der Waals surface area contributed by atoms with Crippen molar-refractivity contribution in [1.29, 1.82) is 0 Å². The van der Waals surface area contributed by atoms with Crippen molar-refractivity contribution in [2.45, 2.75) is 37.7 Å². The zero-order valence-electron chi connectivity index (χ0n) is 12.1. The van der Waals surface area contributed by atoms with Gasteiger partial charge in [0.2, 0.25) is 5.91 Å². The number of carbonyl (C=O) groups excluding carboxylic acids is 1. The predicted molar refractivity (Wildman–Crippen MR) is 88.0 cm³/mol. The summed E-state index contributed by atoms with van der Waals surface area (Å²) in [5.74, 6) is 0.709. The highest BCUT2D eigenvalue weighted by atomic mass is 79.9. The maximum atomic E-state index is 11.8. The lowest BCUT2D eigenvalue weighted by molar-refractivity contribution is -0.119. The molecule has 1 aromatic carbocycles. The molecule has 0 spiro atoms. The van der Waals surface area contributed by atoms with Gasteiger partial charge in [-0.3, -0.25) is 4.79 Å². The minimum absolute atomic E-state index is 0.0538. The molecular weight excluding hydrogens is 338 g/mol. The molecule has 0 aromatic heterocycles. The highest BCUT2D eigenvalue weighted by molar-refractivity contribution is 9.10. The summed E-state index contributed by atoms with van der Waals surface area (Å²) in [6.45, 7) is 6.17. The average Bonchev–Trinajstić information content (AvgIpc) is 2.34. The second-order valence-electron chi connectivity index (χ2n) is 5.61. The van der Waals surface area contributed by atoms with Crippen LogP contribution in [-0.4, -0.2) is 28.9 Å². The van der Waals surface area contributed by atoms with Gasteiger partial charge in [0.05, 0.1) is 11.4 Å². The van der Waals surface area contributed by atoms with E-state index < -0.39 is 5.60 Å². The molecule has 0 aliphatic carbocycles. The van der Waals surface area contributed by atoms with Crippen molar-refractivity contribution in [2.24, 2.45) is 5.92 Å². The van der Waals surface area contributed by atoms with Crippen LogP contribution in [0.3, 0.4) is 0 Å². The van der Waals surface area contributed by atoms with E-state index in [9.17, 15) is 9.90 Å². The number of nitrogens with one attached hydrogen (secondary N) is 1. The molecule has 0 saturated heterocycles. The van der Waals surface area contributed by atoms with E-state index in [0.717, 1.165) is 9.37 Å². The minimum atomic E-state index is -0.841. The molecule has 1 atom stereocenters. The lowest BCUT2D eigenvalue weighted by Crippen LogP contribution is -2.42. The van der Waals surface area contributed by atoms with E-state index in [2.05, 4.69) is 35.1 Å². The number of benzene rings is 1. The fraction of sp³-hybridized carbons (Fsp3) is 0.533. The van der Waals surface area contributed by atoms with Crippen LogP contribution < -0.4 is 5.32 Å². The molecule has 1 amide bonds. The van der Waals surface area contributed by atoms with Gasteiger partial charge in [-0.1, -0.05) is 29.8 Å². The lowest BCUT2D eigenvalue weighted by atomic mass is 9.94. The first-order valence-electron chi connectivity index (χ1n) is 6.66. The van der Waals surface area contributed by atoms with Crippen LogP contribution in [0.15, 0.2) is 33.6 Å².